The lowest BCUT2D eigenvalue weighted by Gasteiger charge is -2.30. The fourth-order valence-electron chi connectivity index (χ4n) is 3.23. The lowest BCUT2D eigenvalue weighted by atomic mass is 9.99. The van der Waals surface area contributed by atoms with Crippen molar-refractivity contribution in [1.82, 2.24) is 15.3 Å². The molecule has 182 valence electrons. The normalized spacial score (nSPS) is 16.7. The highest BCUT2D eigenvalue weighted by Gasteiger charge is 2.33. The maximum absolute atomic E-state index is 12.2. The Morgan fingerprint density at radius 2 is 1.52 bits per heavy atom. The molecular formula is C22H31N3O8. The standard InChI is InChI=1S/C22H31N3O8/c1-21(2,23-15(26)10-13-24-16(27)5-6-17(24)28)12-14-32-22(3,4)11-9-20(31)33-25-18(29)7-8-19(25)30/h5-6H,7-14H2,1-4H3,(H,23,26). The summed E-state index contributed by atoms with van der Waals surface area (Å²) in [6, 6.07) is 0. The first-order valence-corrected chi connectivity index (χ1v) is 10.8. The van der Waals surface area contributed by atoms with Gasteiger partial charge in [-0.15, -0.1) is 5.06 Å². The van der Waals surface area contributed by atoms with Crippen LogP contribution >= 0.6 is 0 Å². The Bertz CT molecular complexity index is 828. The summed E-state index contributed by atoms with van der Waals surface area (Å²) in [6.45, 7) is 7.57. The Morgan fingerprint density at radius 3 is 2.09 bits per heavy atom. The molecule has 0 aromatic heterocycles. The molecule has 2 aliphatic rings. The Kier molecular flexibility index (Phi) is 8.48. The van der Waals surface area contributed by atoms with Gasteiger partial charge in [0.05, 0.1) is 12.0 Å². The van der Waals surface area contributed by atoms with Crippen LogP contribution in [0.1, 0.15) is 66.2 Å². The van der Waals surface area contributed by atoms with E-state index in [0.29, 0.717) is 24.5 Å². The van der Waals surface area contributed by atoms with E-state index in [-0.39, 0.29) is 38.1 Å². The van der Waals surface area contributed by atoms with Gasteiger partial charge in [0.25, 0.3) is 23.6 Å². The first-order valence-electron chi connectivity index (χ1n) is 10.8. The summed E-state index contributed by atoms with van der Waals surface area (Å²) in [4.78, 5) is 76.1. The fraction of sp³-hybridized carbons (Fsp3) is 0.636. The van der Waals surface area contributed by atoms with Gasteiger partial charge in [0.15, 0.2) is 0 Å². The number of nitrogens with one attached hydrogen (secondary N) is 1. The molecule has 2 heterocycles. The fourth-order valence-corrected chi connectivity index (χ4v) is 3.23. The SMILES string of the molecule is CC(C)(CCOC(C)(C)CCC(=O)ON1C(=O)CCC1=O)NC(=O)CCN1C(=O)C=CC1=O. The van der Waals surface area contributed by atoms with Crippen LogP contribution in [0, 0.1) is 0 Å². The van der Waals surface area contributed by atoms with E-state index in [1.807, 2.05) is 13.8 Å². The molecule has 11 nitrogen and oxygen atoms in total. The van der Waals surface area contributed by atoms with Crippen LogP contribution in [0.5, 0.6) is 0 Å². The van der Waals surface area contributed by atoms with E-state index in [9.17, 15) is 28.8 Å². The average Bonchev–Trinajstić information content (AvgIpc) is 3.19. The van der Waals surface area contributed by atoms with Gasteiger partial charge in [-0.3, -0.25) is 28.9 Å². The summed E-state index contributed by atoms with van der Waals surface area (Å²) in [5.41, 5.74) is -1.28. The molecule has 0 saturated carbocycles. The minimum Gasteiger partial charge on any atom is -0.375 e. The molecule has 0 bridgehead atoms. The van der Waals surface area contributed by atoms with Crippen LogP contribution in [-0.2, 0) is 38.3 Å². The van der Waals surface area contributed by atoms with Gasteiger partial charge in [0.2, 0.25) is 5.91 Å². The largest absolute Gasteiger partial charge is 0.375 e. The molecular weight excluding hydrogens is 434 g/mol. The molecule has 33 heavy (non-hydrogen) atoms. The Morgan fingerprint density at radius 1 is 0.939 bits per heavy atom. The number of nitrogens with zero attached hydrogens (tertiary/aromatic N) is 2. The van der Waals surface area contributed by atoms with Gasteiger partial charge in [0, 0.05) is 50.1 Å². The topological polar surface area (TPSA) is 139 Å². The molecule has 0 aliphatic carbocycles. The van der Waals surface area contributed by atoms with Gasteiger partial charge in [-0.2, -0.15) is 0 Å². The van der Waals surface area contributed by atoms with Crippen molar-refractivity contribution in [3.8, 4) is 0 Å². The minimum absolute atomic E-state index is 0.000917. The van der Waals surface area contributed by atoms with Crippen LogP contribution in [0.2, 0.25) is 0 Å². The molecule has 1 fully saturated rings. The second-order valence-electron chi connectivity index (χ2n) is 9.25. The highest BCUT2D eigenvalue weighted by atomic mass is 16.7. The van der Waals surface area contributed by atoms with Crippen LogP contribution in [0.25, 0.3) is 0 Å². The zero-order valence-corrected chi connectivity index (χ0v) is 19.5. The Balaban J connectivity index is 1.67. The number of ether oxygens (including phenoxy) is 1. The number of carbonyl (C=O) groups excluding carboxylic acids is 6. The van der Waals surface area contributed by atoms with Crippen molar-refractivity contribution in [2.75, 3.05) is 13.2 Å². The van der Waals surface area contributed by atoms with Gasteiger partial charge in [-0.05, 0) is 40.5 Å². The third kappa shape index (κ3) is 8.08. The van der Waals surface area contributed by atoms with Crippen LogP contribution in [0.4, 0.5) is 0 Å². The van der Waals surface area contributed by atoms with E-state index < -0.39 is 40.7 Å². The van der Waals surface area contributed by atoms with Crippen molar-refractivity contribution in [2.24, 2.45) is 0 Å². The van der Waals surface area contributed by atoms with Gasteiger partial charge in [-0.25, -0.2) is 4.79 Å². The molecule has 0 radical (unpaired) electrons. The Labute approximate surface area is 192 Å². The predicted molar refractivity (Wildman–Crippen MR) is 114 cm³/mol. The first kappa shape index (κ1) is 26.2. The first-order chi connectivity index (χ1) is 15.3. The minimum atomic E-state index is -0.687. The molecule has 1 saturated heterocycles. The van der Waals surface area contributed by atoms with Crippen molar-refractivity contribution in [3.05, 3.63) is 12.2 Å². The summed E-state index contributed by atoms with van der Waals surface area (Å²) in [7, 11) is 0. The summed E-state index contributed by atoms with van der Waals surface area (Å²) >= 11 is 0. The van der Waals surface area contributed by atoms with Crippen molar-refractivity contribution in [3.63, 3.8) is 0 Å². The van der Waals surface area contributed by atoms with Gasteiger partial charge in [0.1, 0.15) is 0 Å². The van der Waals surface area contributed by atoms with Gasteiger partial charge >= 0.3 is 5.97 Å². The van der Waals surface area contributed by atoms with E-state index >= 15 is 0 Å². The van der Waals surface area contributed by atoms with Gasteiger partial charge in [-0.1, -0.05) is 0 Å². The molecule has 0 aromatic carbocycles. The maximum atomic E-state index is 12.2. The van der Waals surface area contributed by atoms with E-state index in [4.69, 9.17) is 9.57 Å². The quantitative estimate of drug-likeness (QED) is 0.417. The van der Waals surface area contributed by atoms with E-state index in [1.54, 1.807) is 13.8 Å². The number of imide groups is 2. The second-order valence-corrected chi connectivity index (χ2v) is 9.25. The van der Waals surface area contributed by atoms with Crippen molar-refractivity contribution >= 4 is 35.5 Å². The van der Waals surface area contributed by atoms with E-state index in [2.05, 4.69) is 5.32 Å². The van der Waals surface area contributed by atoms with Crippen LogP contribution in [-0.4, -0.2) is 69.8 Å². The third-order valence-electron chi connectivity index (χ3n) is 5.29. The van der Waals surface area contributed by atoms with E-state index in [1.165, 1.54) is 12.2 Å². The third-order valence-corrected chi connectivity index (χ3v) is 5.29. The molecule has 11 heteroatoms. The molecule has 1 N–H and O–H groups in total. The highest BCUT2D eigenvalue weighted by molar-refractivity contribution is 6.13. The summed E-state index contributed by atoms with van der Waals surface area (Å²) in [6.07, 6.45) is 3.18. The number of hydrogen-bond acceptors (Lipinski definition) is 8. The number of rotatable bonds is 12. The zero-order valence-electron chi connectivity index (χ0n) is 19.5. The summed E-state index contributed by atoms with van der Waals surface area (Å²) < 4.78 is 5.87. The van der Waals surface area contributed by atoms with Crippen LogP contribution in [0.3, 0.4) is 0 Å². The number of hydrogen-bond donors (Lipinski definition) is 1. The number of hydroxylamine groups is 2. The summed E-state index contributed by atoms with van der Waals surface area (Å²) in [5, 5.41) is 3.38. The highest BCUT2D eigenvalue weighted by Crippen LogP contribution is 2.20. The molecule has 0 unspecified atom stereocenters. The lowest BCUT2D eigenvalue weighted by Crippen LogP contribution is -2.46. The van der Waals surface area contributed by atoms with E-state index in [0.717, 1.165) is 4.90 Å². The summed E-state index contributed by atoms with van der Waals surface area (Å²) in [5.74, 6) is -2.88. The molecule has 5 amide bonds. The molecule has 2 rings (SSSR count). The lowest BCUT2D eigenvalue weighted by molar-refractivity contribution is -0.198. The molecule has 0 aromatic rings. The van der Waals surface area contributed by atoms with Gasteiger partial charge < -0.3 is 14.9 Å². The molecule has 0 atom stereocenters. The van der Waals surface area contributed by atoms with Crippen molar-refractivity contribution < 1.29 is 38.3 Å². The number of amides is 5. The average molecular weight is 466 g/mol. The van der Waals surface area contributed by atoms with Crippen molar-refractivity contribution in [1.29, 1.82) is 0 Å². The smallest absolute Gasteiger partial charge is 0.333 e. The van der Waals surface area contributed by atoms with Crippen LogP contribution in [0.15, 0.2) is 12.2 Å². The maximum Gasteiger partial charge on any atom is 0.333 e. The predicted octanol–water partition coefficient (Wildman–Crippen LogP) is 0.769. The van der Waals surface area contributed by atoms with Crippen LogP contribution < -0.4 is 5.32 Å². The molecule has 2 aliphatic heterocycles. The number of carbonyl (C=O) groups is 6. The second kappa shape index (κ2) is 10.7. The van der Waals surface area contributed by atoms with Crippen molar-refractivity contribution in [2.45, 2.75) is 77.4 Å². The monoisotopic (exact) mass is 465 g/mol. The zero-order chi connectivity index (χ0) is 24.8. The molecule has 0 spiro atoms. The Hall–Kier alpha value is -3.08.